The highest BCUT2D eigenvalue weighted by Crippen LogP contribution is 2.37. The molecule has 0 spiro atoms. The van der Waals surface area contributed by atoms with Crippen LogP contribution in [0.3, 0.4) is 0 Å². The summed E-state index contributed by atoms with van der Waals surface area (Å²) in [5.74, 6) is 1.77. The molecule has 1 saturated carbocycles. The Hall–Kier alpha value is -3.73. The smallest absolute Gasteiger partial charge is 0.339 e. The van der Waals surface area contributed by atoms with Crippen molar-refractivity contribution in [3.8, 4) is 22.8 Å². The number of nitrogens with zero attached hydrogens (tertiary/aromatic N) is 7. The largest absolute Gasteiger partial charge is 0.439 e. The molecule has 0 bridgehead atoms. The molecule has 0 unspecified atom stereocenters. The van der Waals surface area contributed by atoms with Crippen LogP contribution < -0.4 is 10.7 Å². The number of aromatic amines is 1. The number of anilines is 1. The molecule has 6 rings (SSSR count). The van der Waals surface area contributed by atoms with E-state index in [1.807, 2.05) is 17.0 Å². The van der Waals surface area contributed by atoms with Crippen molar-refractivity contribution in [1.82, 2.24) is 34.6 Å². The van der Waals surface area contributed by atoms with Gasteiger partial charge in [0.15, 0.2) is 0 Å². The Bertz CT molecular complexity index is 1600. The molecular formula is C28H33ClN8O3. The Morgan fingerprint density at radius 1 is 1.12 bits per heavy atom. The van der Waals surface area contributed by atoms with Crippen molar-refractivity contribution in [2.45, 2.75) is 59.0 Å². The van der Waals surface area contributed by atoms with Gasteiger partial charge in [0.1, 0.15) is 5.69 Å². The number of amides is 1. The van der Waals surface area contributed by atoms with Crippen molar-refractivity contribution < 1.29 is 9.32 Å². The standard InChI is InChI=1S/C28H33ClN8O3/c1-16-4-6-19(7-5-16)15-37-25-22(32-27(37)36-9-8-35(18(3)38)14-17(36)2)11-23(26-33-28(39)40-34-26)31-24(25)20-10-21(29)13-30-12-20/h10-13,16-17,19H,4-9,14-15H2,1-3H3,(H,33,34,39)/t16?,17-,19?/m0/s1. The van der Waals surface area contributed by atoms with E-state index in [1.54, 1.807) is 19.3 Å². The summed E-state index contributed by atoms with van der Waals surface area (Å²) in [5.41, 5.74) is 3.44. The fourth-order valence-electron chi connectivity index (χ4n) is 6.05. The number of carbonyl (C=O) groups excluding carboxylic acids is 1. The van der Waals surface area contributed by atoms with Crippen LogP contribution in [0.4, 0.5) is 5.95 Å². The van der Waals surface area contributed by atoms with E-state index in [0.717, 1.165) is 47.8 Å². The van der Waals surface area contributed by atoms with Gasteiger partial charge in [-0.3, -0.25) is 19.3 Å². The second kappa shape index (κ2) is 10.7. The summed E-state index contributed by atoms with van der Waals surface area (Å²) in [6, 6.07) is 3.75. The first-order chi connectivity index (χ1) is 19.3. The summed E-state index contributed by atoms with van der Waals surface area (Å²) in [7, 11) is 0. The van der Waals surface area contributed by atoms with Gasteiger partial charge in [0.2, 0.25) is 17.7 Å². The van der Waals surface area contributed by atoms with Gasteiger partial charge in [-0.15, -0.1) is 0 Å². The maximum atomic E-state index is 12.1. The lowest BCUT2D eigenvalue weighted by Gasteiger charge is -2.40. The van der Waals surface area contributed by atoms with Gasteiger partial charge in [-0.2, -0.15) is 0 Å². The predicted molar refractivity (Wildman–Crippen MR) is 152 cm³/mol. The Balaban J connectivity index is 1.54. The van der Waals surface area contributed by atoms with Gasteiger partial charge in [-0.1, -0.05) is 36.5 Å². The lowest BCUT2D eigenvalue weighted by atomic mass is 9.83. The normalized spacial score (nSPS) is 21.8. The lowest BCUT2D eigenvalue weighted by molar-refractivity contribution is -0.129. The van der Waals surface area contributed by atoms with E-state index >= 15 is 0 Å². The minimum Gasteiger partial charge on any atom is -0.339 e. The van der Waals surface area contributed by atoms with Crippen LogP contribution >= 0.6 is 11.6 Å². The first-order valence-electron chi connectivity index (χ1n) is 13.9. The number of fused-ring (bicyclic) bond motifs is 1. The average molecular weight is 565 g/mol. The molecule has 0 aromatic carbocycles. The molecule has 40 heavy (non-hydrogen) atoms. The van der Waals surface area contributed by atoms with E-state index < -0.39 is 5.76 Å². The van der Waals surface area contributed by atoms with Crippen LogP contribution in [0.15, 0.2) is 33.8 Å². The fraction of sp³-hybridized carbons (Fsp3) is 0.500. The highest BCUT2D eigenvalue weighted by molar-refractivity contribution is 6.30. The van der Waals surface area contributed by atoms with Gasteiger partial charge in [-0.25, -0.2) is 14.8 Å². The quantitative estimate of drug-likeness (QED) is 0.378. The third-order valence-corrected chi connectivity index (χ3v) is 8.48. The van der Waals surface area contributed by atoms with Crippen LogP contribution in [0.5, 0.6) is 0 Å². The van der Waals surface area contributed by atoms with Crippen LogP contribution in [-0.2, 0) is 11.3 Å². The van der Waals surface area contributed by atoms with Crippen LogP contribution in [0, 0.1) is 11.8 Å². The van der Waals surface area contributed by atoms with E-state index in [0.29, 0.717) is 42.0 Å². The topological polar surface area (TPSA) is 126 Å². The highest BCUT2D eigenvalue weighted by Gasteiger charge is 2.31. The molecule has 2 aliphatic rings. The Kier molecular flexibility index (Phi) is 7.07. The third-order valence-electron chi connectivity index (χ3n) is 8.27. The number of rotatable bonds is 5. The number of piperazine rings is 1. The van der Waals surface area contributed by atoms with Gasteiger partial charge in [-0.05, 0) is 43.7 Å². The summed E-state index contributed by atoms with van der Waals surface area (Å²) in [4.78, 5) is 45.1. The molecule has 11 nitrogen and oxygen atoms in total. The number of pyridine rings is 2. The molecule has 12 heteroatoms. The van der Waals surface area contributed by atoms with E-state index in [1.165, 1.54) is 12.8 Å². The van der Waals surface area contributed by atoms with Crippen molar-refractivity contribution in [3.05, 3.63) is 40.1 Å². The third kappa shape index (κ3) is 5.10. The number of carbonyl (C=O) groups is 1. The number of nitrogens with one attached hydrogen (secondary N) is 1. The zero-order valence-corrected chi connectivity index (χ0v) is 23.7. The summed E-state index contributed by atoms with van der Waals surface area (Å²) in [6.45, 7) is 8.83. The summed E-state index contributed by atoms with van der Waals surface area (Å²) < 4.78 is 7.07. The number of hydrogen-bond donors (Lipinski definition) is 1. The van der Waals surface area contributed by atoms with Gasteiger partial charge in [0.25, 0.3) is 0 Å². The molecule has 1 aliphatic heterocycles. The molecule has 2 fully saturated rings. The number of aromatic nitrogens is 6. The summed E-state index contributed by atoms with van der Waals surface area (Å²) in [5, 5.41) is 4.37. The monoisotopic (exact) mass is 564 g/mol. The second-order valence-electron chi connectivity index (χ2n) is 11.2. The molecule has 5 heterocycles. The van der Waals surface area contributed by atoms with Crippen molar-refractivity contribution in [2.24, 2.45) is 11.8 Å². The average Bonchev–Trinajstić information content (AvgIpc) is 3.53. The Morgan fingerprint density at radius 3 is 2.60 bits per heavy atom. The van der Waals surface area contributed by atoms with Gasteiger partial charge < -0.3 is 14.4 Å². The van der Waals surface area contributed by atoms with Crippen molar-refractivity contribution in [3.63, 3.8) is 0 Å². The van der Waals surface area contributed by atoms with Crippen molar-refractivity contribution in [2.75, 3.05) is 24.5 Å². The maximum absolute atomic E-state index is 12.1. The molecule has 1 saturated heterocycles. The number of halogens is 1. The molecule has 1 N–H and O–H groups in total. The molecule has 1 aliphatic carbocycles. The highest BCUT2D eigenvalue weighted by atomic mass is 35.5. The minimum atomic E-state index is -0.655. The van der Waals surface area contributed by atoms with Crippen molar-refractivity contribution >= 4 is 34.5 Å². The van der Waals surface area contributed by atoms with Crippen LogP contribution in [0.2, 0.25) is 5.02 Å². The Labute approximate surface area is 236 Å². The molecule has 1 atom stereocenters. The number of H-pyrrole nitrogens is 1. The molecular weight excluding hydrogens is 532 g/mol. The van der Waals surface area contributed by atoms with Gasteiger partial charge in [0.05, 0.1) is 21.7 Å². The Morgan fingerprint density at radius 2 is 1.93 bits per heavy atom. The van der Waals surface area contributed by atoms with Gasteiger partial charge in [0, 0.05) is 57.1 Å². The van der Waals surface area contributed by atoms with Crippen molar-refractivity contribution in [1.29, 1.82) is 0 Å². The van der Waals surface area contributed by atoms with E-state index in [4.69, 9.17) is 26.1 Å². The molecule has 4 aromatic heterocycles. The SMILES string of the molecule is CC(=O)N1CCN(c2nc3cc(-c4noc(=O)[nH]4)nc(-c4cncc(Cl)c4)c3n2CC2CCC(C)CC2)[C@@H](C)C1. The number of imidazole rings is 1. The van der Waals surface area contributed by atoms with E-state index in [-0.39, 0.29) is 17.8 Å². The summed E-state index contributed by atoms with van der Waals surface area (Å²) in [6.07, 6.45) is 8.07. The van der Waals surface area contributed by atoms with E-state index in [2.05, 4.69) is 38.4 Å². The maximum Gasteiger partial charge on any atom is 0.439 e. The second-order valence-corrected chi connectivity index (χ2v) is 11.7. The zero-order valence-electron chi connectivity index (χ0n) is 22.9. The predicted octanol–water partition coefficient (Wildman–Crippen LogP) is 4.37. The van der Waals surface area contributed by atoms with Crippen LogP contribution in [0.25, 0.3) is 33.8 Å². The molecule has 0 radical (unpaired) electrons. The number of hydrogen-bond acceptors (Lipinski definition) is 8. The molecule has 4 aromatic rings. The lowest BCUT2D eigenvalue weighted by Crippen LogP contribution is -2.54. The first-order valence-corrected chi connectivity index (χ1v) is 14.3. The van der Waals surface area contributed by atoms with Crippen LogP contribution in [-0.4, -0.2) is 66.1 Å². The first kappa shape index (κ1) is 26.5. The fourth-order valence-corrected chi connectivity index (χ4v) is 6.23. The molecule has 1 amide bonds. The molecule has 210 valence electrons. The zero-order chi connectivity index (χ0) is 28.0. The summed E-state index contributed by atoms with van der Waals surface area (Å²) >= 11 is 6.37. The van der Waals surface area contributed by atoms with E-state index in [9.17, 15) is 9.59 Å². The van der Waals surface area contributed by atoms with Crippen LogP contribution in [0.1, 0.15) is 46.5 Å². The minimum absolute atomic E-state index is 0.0789. The van der Waals surface area contributed by atoms with Gasteiger partial charge >= 0.3 is 5.76 Å².